The average molecular weight is 371 g/mol. The van der Waals surface area contributed by atoms with Gasteiger partial charge < -0.3 is 15.1 Å². The van der Waals surface area contributed by atoms with Crippen LogP contribution < -0.4 is 10.6 Å². The number of carbonyl (C=O) groups is 1. The molecule has 1 amide bonds. The van der Waals surface area contributed by atoms with Crippen molar-refractivity contribution in [1.29, 1.82) is 0 Å². The highest BCUT2D eigenvalue weighted by Gasteiger charge is 2.27. The first kappa shape index (κ1) is 18.3. The molecule has 2 atom stereocenters. The van der Waals surface area contributed by atoms with E-state index in [4.69, 9.17) is 4.42 Å². The highest BCUT2D eigenvalue weighted by Crippen LogP contribution is 2.26. The van der Waals surface area contributed by atoms with Gasteiger partial charge in [0.1, 0.15) is 17.2 Å². The summed E-state index contributed by atoms with van der Waals surface area (Å²) in [4.78, 5) is 15.0. The number of rotatable bonds is 6. The minimum atomic E-state index is -0.120. The van der Waals surface area contributed by atoms with Crippen LogP contribution in [0.4, 0.5) is 0 Å². The number of nitrogens with one attached hydrogen (secondary N) is 2. The number of piperidine rings is 1. The SMILES string of the molecule is Cc1ccc(C(CNC(=O)c2ccn(C3CCCNC3)n2)N2CCCC2)o1. The first-order chi connectivity index (χ1) is 13.2. The molecule has 2 unspecified atom stereocenters. The molecule has 2 aromatic rings. The maximum absolute atomic E-state index is 12.6. The third-order valence-corrected chi connectivity index (χ3v) is 5.61. The monoisotopic (exact) mass is 371 g/mol. The van der Waals surface area contributed by atoms with Crippen molar-refractivity contribution in [2.24, 2.45) is 0 Å². The summed E-state index contributed by atoms with van der Waals surface area (Å²) in [5.41, 5.74) is 0.483. The fourth-order valence-corrected chi connectivity index (χ4v) is 4.10. The Hall–Kier alpha value is -2.12. The molecule has 0 radical (unpaired) electrons. The molecular formula is C20H29N5O2. The summed E-state index contributed by atoms with van der Waals surface area (Å²) in [6, 6.07) is 6.24. The van der Waals surface area contributed by atoms with Crippen LogP contribution in [0.1, 0.15) is 59.8 Å². The molecule has 2 aliphatic rings. The van der Waals surface area contributed by atoms with E-state index in [1.54, 1.807) is 0 Å². The third kappa shape index (κ3) is 4.25. The number of carbonyl (C=O) groups excluding carboxylic acids is 1. The van der Waals surface area contributed by atoms with Gasteiger partial charge in [0.15, 0.2) is 0 Å². The Labute approximate surface area is 160 Å². The number of hydrogen-bond acceptors (Lipinski definition) is 5. The zero-order valence-electron chi connectivity index (χ0n) is 16.0. The molecule has 2 saturated heterocycles. The topological polar surface area (TPSA) is 75.3 Å². The number of nitrogens with zero attached hydrogens (tertiary/aromatic N) is 3. The molecule has 27 heavy (non-hydrogen) atoms. The predicted molar refractivity (Wildman–Crippen MR) is 103 cm³/mol. The van der Waals surface area contributed by atoms with E-state index in [1.165, 1.54) is 12.8 Å². The number of aryl methyl sites for hydroxylation is 1. The van der Waals surface area contributed by atoms with Gasteiger partial charge in [-0.05, 0) is 70.4 Å². The summed E-state index contributed by atoms with van der Waals surface area (Å²) in [6.45, 7) is 6.56. The maximum Gasteiger partial charge on any atom is 0.271 e. The quantitative estimate of drug-likeness (QED) is 0.815. The van der Waals surface area contributed by atoms with E-state index in [1.807, 2.05) is 36.0 Å². The number of likely N-dealkylation sites (tertiary alicyclic amines) is 1. The van der Waals surface area contributed by atoms with Gasteiger partial charge in [0.25, 0.3) is 5.91 Å². The van der Waals surface area contributed by atoms with Crippen LogP contribution in [0.15, 0.2) is 28.8 Å². The molecule has 2 aromatic heterocycles. The van der Waals surface area contributed by atoms with Crippen molar-refractivity contribution in [3.8, 4) is 0 Å². The van der Waals surface area contributed by atoms with Crippen molar-refractivity contribution in [3.05, 3.63) is 41.6 Å². The summed E-state index contributed by atoms with van der Waals surface area (Å²) < 4.78 is 7.79. The number of furan rings is 1. The lowest BCUT2D eigenvalue weighted by molar-refractivity contribution is 0.0927. The van der Waals surface area contributed by atoms with Crippen LogP contribution in [0.25, 0.3) is 0 Å². The van der Waals surface area contributed by atoms with Crippen molar-refractivity contribution < 1.29 is 9.21 Å². The van der Waals surface area contributed by atoms with Crippen LogP contribution in [0.3, 0.4) is 0 Å². The molecular weight excluding hydrogens is 342 g/mol. The Morgan fingerprint density at radius 2 is 2.19 bits per heavy atom. The molecule has 7 heteroatoms. The molecule has 146 valence electrons. The zero-order chi connectivity index (χ0) is 18.6. The second kappa shape index (κ2) is 8.27. The molecule has 2 N–H and O–H groups in total. The average Bonchev–Trinajstić information content (AvgIpc) is 3.45. The Kier molecular flexibility index (Phi) is 5.59. The summed E-state index contributed by atoms with van der Waals surface area (Å²) in [5.74, 6) is 1.71. The molecule has 2 fully saturated rings. The van der Waals surface area contributed by atoms with Gasteiger partial charge in [-0.1, -0.05) is 0 Å². The Balaban J connectivity index is 1.40. The molecule has 0 spiro atoms. The van der Waals surface area contributed by atoms with Crippen molar-refractivity contribution in [1.82, 2.24) is 25.3 Å². The molecule has 0 bridgehead atoms. The normalized spacial score (nSPS) is 22.0. The Morgan fingerprint density at radius 3 is 2.89 bits per heavy atom. The lowest BCUT2D eigenvalue weighted by Gasteiger charge is -2.26. The van der Waals surface area contributed by atoms with Gasteiger partial charge in [-0.15, -0.1) is 0 Å². The largest absolute Gasteiger partial charge is 0.465 e. The van der Waals surface area contributed by atoms with Crippen LogP contribution in [-0.4, -0.2) is 53.3 Å². The first-order valence-electron chi connectivity index (χ1n) is 10.0. The predicted octanol–water partition coefficient (Wildman–Crippen LogP) is 2.28. The highest BCUT2D eigenvalue weighted by molar-refractivity contribution is 5.92. The van der Waals surface area contributed by atoms with Crippen molar-refractivity contribution >= 4 is 5.91 Å². The third-order valence-electron chi connectivity index (χ3n) is 5.61. The van der Waals surface area contributed by atoms with E-state index in [2.05, 4.69) is 20.6 Å². The number of amides is 1. The van der Waals surface area contributed by atoms with Gasteiger partial charge in [0.2, 0.25) is 0 Å². The smallest absolute Gasteiger partial charge is 0.271 e. The van der Waals surface area contributed by atoms with Crippen LogP contribution in [0, 0.1) is 6.92 Å². The van der Waals surface area contributed by atoms with Gasteiger partial charge in [-0.3, -0.25) is 14.4 Å². The van der Waals surface area contributed by atoms with E-state index >= 15 is 0 Å². The lowest BCUT2D eigenvalue weighted by Crippen LogP contribution is -2.37. The minimum Gasteiger partial charge on any atom is -0.465 e. The second-order valence-corrected chi connectivity index (χ2v) is 7.60. The molecule has 7 nitrogen and oxygen atoms in total. The molecule has 0 aromatic carbocycles. The summed E-state index contributed by atoms with van der Waals surface area (Å²) in [5, 5.41) is 11.0. The Bertz CT molecular complexity index is 756. The van der Waals surface area contributed by atoms with Gasteiger partial charge in [0, 0.05) is 19.3 Å². The number of aromatic nitrogens is 2. The number of hydrogen-bond donors (Lipinski definition) is 2. The summed E-state index contributed by atoms with van der Waals surface area (Å²) in [6.07, 6.45) is 6.56. The van der Waals surface area contributed by atoms with Crippen LogP contribution >= 0.6 is 0 Å². The lowest BCUT2D eigenvalue weighted by atomic mass is 10.1. The first-order valence-corrected chi connectivity index (χ1v) is 10.0. The van der Waals surface area contributed by atoms with Crippen molar-refractivity contribution in [3.63, 3.8) is 0 Å². The molecule has 0 saturated carbocycles. The highest BCUT2D eigenvalue weighted by atomic mass is 16.3. The summed E-state index contributed by atoms with van der Waals surface area (Å²) >= 11 is 0. The van der Waals surface area contributed by atoms with Gasteiger partial charge in [-0.25, -0.2) is 0 Å². The van der Waals surface area contributed by atoms with E-state index in [9.17, 15) is 4.79 Å². The van der Waals surface area contributed by atoms with Crippen LogP contribution in [-0.2, 0) is 0 Å². The van der Waals surface area contributed by atoms with Crippen molar-refractivity contribution in [2.45, 2.75) is 44.7 Å². The molecule has 2 aliphatic heterocycles. The maximum atomic E-state index is 12.6. The molecule has 4 rings (SSSR count). The van der Waals surface area contributed by atoms with Crippen molar-refractivity contribution in [2.75, 3.05) is 32.7 Å². The van der Waals surface area contributed by atoms with Gasteiger partial charge >= 0.3 is 0 Å². The summed E-state index contributed by atoms with van der Waals surface area (Å²) in [7, 11) is 0. The Morgan fingerprint density at radius 1 is 1.33 bits per heavy atom. The van der Waals surface area contributed by atoms with E-state index < -0.39 is 0 Å². The second-order valence-electron chi connectivity index (χ2n) is 7.60. The van der Waals surface area contributed by atoms with E-state index in [0.717, 1.165) is 50.5 Å². The van der Waals surface area contributed by atoms with Crippen LogP contribution in [0.2, 0.25) is 0 Å². The van der Waals surface area contributed by atoms with E-state index in [0.29, 0.717) is 18.3 Å². The molecule has 0 aliphatic carbocycles. The fourth-order valence-electron chi connectivity index (χ4n) is 4.10. The van der Waals surface area contributed by atoms with Crippen LogP contribution in [0.5, 0.6) is 0 Å². The van der Waals surface area contributed by atoms with E-state index in [-0.39, 0.29) is 11.9 Å². The fraction of sp³-hybridized carbons (Fsp3) is 0.600. The minimum absolute atomic E-state index is 0.0785. The van der Waals surface area contributed by atoms with Gasteiger partial charge in [-0.2, -0.15) is 5.10 Å². The zero-order valence-corrected chi connectivity index (χ0v) is 16.0. The molecule has 4 heterocycles. The standard InChI is InChI=1S/C20H29N5O2/c1-15-6-7-19(27-15)18(24-10-2-3-11-24)14-22-20(26)17-8-12-25(23-17)16-5-4-9-21-13-16/h6-8,12,16,18,21H,2-5,9-11,13-14H2,1H3,(H,22,26). The van der Waals surface area contributed by atoms with Gasteiger partial charge in [0.05, 0.1) is 12.1 Å².